The molecule has 5 heteroatoms. The number of carbonyl (C=O) groups is 3. The van der Waals surface area contributed by atoms with E-state index >= 15 is 0 Å². The van der Waals surface area contributed by atoms with E-state index in [4.69, 9.17) is 5.73 Å². The Morgan fingerprint density at radius 3 is 2.33 bits per heavy atom. The van der Waals surface area contributed by atoms with Crippen molar-refractivity contribution in [3.63, 3.8) is 0 Å². The summed E-state index contributed by atoms with van der Waals surface area (Å²) in [7, 11) is 0. The Bertz CT molecular complexity index is 714. The molecule has 0 unspecified atom stereocenters. The summed E-state index contributed by atoms with van der Waals surface area (Å²) in [4.78, 5) is 34.8. The van der Waals surface area contributed by atoms with Gasteiger partial charge >= 0.3 is 0 Å². The van der Waals surface area contributed by atoms with Gasteiger partial charge in [0.05, 0.1) is 0 Å². The first kappa shape index (κ1) is 10.5. The monoisotopic (exact) mass is 240 g/mol. The standard InChI is InChI=1S/C13H8N2O3/c14-11(16)7-4-5-9-10-6(7)2-1-3-8(10)12(17)15-13(9)18/h1-5H,(H2,14,16)(H,15,17,18). The molecule has 1 aliphatic heterocycles. The van der Waals surface area contributed by atoms with Crippen LogP contribution in [0.1, 0.15) is 31.1 Å². The molecule has 18 heavy (non-hydrogen) atoms. The van der Waals surface area contributed by atoms with E-state index in [1.807, 2.05) is 0 Å². The summed E-state index contributed by atoms with van der Waals surface area (Å²) in [5.41, 5.74) is 6.35. The van der Waals surface area contributed by atoms with E-state index < -0.39 is 17.7 Å². The molecule has 1 heterocycles. The first-order chi connectivity index (χ1) is 8.59. The third-order valence-corrected chi connectivity index (χ3v) is 3.02. The molecule has 0 bridgehead atoms. The smallest absolute Gasteiger partial charge is 0.258 e. The first-order valence-electron chi connectivity index (χ1n) is 5.31. The second-order valence-electron chi connectivity index (χ2n) is 4.04. The van der Waals surface area contributed by atoms with Gasteiger partial charge in [0.25, 0.3) is 11.8 Å². The van der Waals surface area contributed by atoms with Crippen LogP contribution in [-0.4, -0.2) is 17.7 Å². The van der Waals surface area contributed by atoms with Gasteiger partial charge in [-0.15, -0.1) is 0 Å². The lowest BCUT2D eigenvalue weighted by atomic mass is 9.92. The zero-order chi connectivity index (χ0) is 12.9. The highest BCUT2D eigenvalue weighted by atomic mass is 16.2. The molecule has 5 nitrogen and oxygen atoms in total. The lowest BCUT2D eigenvalue weighted by Crippen LogP contribution is -2.34. The fraction of sp³-hybridized carbons (Fsp3) is 0. The Morgan fingerprint density at radius 2 is 1.67 bits per heavy atom. The summed E-state index contributed by atoms with van der Waals surface area (Å²) >= 11 is 0. The van der Waals surface area contributed by atoms with Gasteiger partial charge in [0, 0.05) is 22.1 Å². The minimum Gasteiger partial charge on any atom is -0.366 e. The number of rotatable bonds is 1. The average molecular weight is 240 g/mol. The number of imide groups is 1. The fourth-order valence-electron chi connectivity index (χ4n) is 2.24. The lowest BCUT2D eigenvalue weighted by Gasteiger charge is -2.17. The van der Waals surface area contributed by atoms with E-state index in [9.17, 15) is 14.4 Å². The zero-order valence-corrected chi connectivity index (χ0v) is 9.19. The maximum absolute atomic E-state index is 11.7. The summed E-state index contributed by atoms with van der Waals surface area (Å²) in [5, 5.41) is 3.27. The highest BCUT2D eigenvalue weighted by molar-refractivity contribution is 6.27. The van der Waals surface area contributed by atoms with Gasteiger partial charge in [0.1, 0.15) is 0 Å². The summed E-state index contributed by atoms with van der Waals surface area (Å²) in [6.07, 6.45) is 0. The van der Waals surface area contributed by atoms with Gasteiger partial charge < -0.3 is 5.73 Å². The molecule has 1 aliphatic rings. The Hall–Kier alpha value is -2.69. The number of benzene rings is 2. The molecule has 3 N–H and O–H groups in total. The SMILES string of the molecule is NC(=O)c1ccc2c3c(cccc13)C(=O)NC2=O. The van der Waals surface area contributed by atoms with Crippen LogP contribution in [0.3, 0.4) is 0 Å². The van der Waals surface area contributed by atoms with E-state index in [2.05, 4.69) is 5.32 Å². The number of primary amides is 1. The van der Waals surface area contributed by atoms with Crippen LogP contribution in [0.4, 0.5) is 0 Å². The highest BCUT2D eigenvalue weighted by Gasteiger charge is 2.26. The van der Waals surface area contributed by atoms with Crippen molar-refractivity contribution in [2.45, 2.75) is 0 Å². The van der Waals surface area contributed by atoms with Gasteiger partial charge in [-0.05, 0) is 23.6 Å². The van der Waals surface area contributed by atoms with Crippen LogP contribution in [0.15, 0.2) is 30.3 Å². The van der Waals surface area contributed by atoms with E-state index in [1.165, 1.54) is 12.1 Å². The van der Waals surface area contributed by atoms with Crippen molar-refractivity contribution in [3.8, 4) is 0 Å². The molecule has 2 aromatic rings. The first-order valence-corrected chi connectivity index (χ1v) is 5.31. The molecule has 3 rings (SSSR count). The summed E-state index contributed by atoms with van der Waals surface area (Å²) in [6, 6.07) is 7.95. The molecular formula is C13H8N2O3. The van der Waals surface area contributed by atoms with Crippen LogP contribution < -0.4 is 11.1 Å². The molecule has 3 amide bonds. The minimum atomic E-state index is -0.586. The van der Waals surface area contributed by atoms with Crippen molar-refractivity contribution >= 4 is 28.5 Å². The largest absolute Gasteiger partial charge is 0.366 e. The van der Waals surface area contributed by atoms with Gasteiger partial charge in [-0.25, -0.2) is 0 Å². The molecule has 0 aliphatic carbocycles. The van der Waals surface area contributed by atoms with Gasteiger partial charge in [-0.1, -0.05) is 12.1 Å². The summed E-state index contributed by atoms with van der Waals surface area (Å²) < 4.78 is 0. The molecule has 88 valence electrons. The Balaban J connectivity index is 2.53. The van der Waals surface area contributed by atoms with Crippen molar-refractivity contribution in [1.29, 1.82) is 0 Å². The maximum atomic E-state index is 11.7. The second kappa shape index (κ2) is 3.40. The number of nitrogens with two attached hydrogens (primary N) is 1. The molecule has 0 saturated heterocycles. The van der Waals surface area contributed by atoms with Gasteiger partial charge in [-0.3, -0.25) is 19.7 Å². The van der Waals surface area contributed by atoms with Crippen molar-refractivity contribution in [3.05, 3.63) is 47.0 Å². The normalized spacial score (nSPS) is 13.6. The zero-order valence-electron chi connectivity index (χ0n) is 9.19. The molecular weight excluding hydrogens is 232 g/mol. The molecule has 0 atom stereocenters. The number of carbonyl (C=O) groups excluding carboxylic acids is 3. The van der Waals surface area contributed by atoms with Crippen LogP contribution in [0.2, 0.25) is 0 Å². The third-order valence-electron chi connectivity index (χ3n) is 3.02. The number of nitrogens with one attached hydrogen (secondary N) is 1. The van der Waals surface area contributed by atoms with Gasteiger partial charge in [0.2, 0.25) is 5.91 Å². The van der Waals surface area contributed by atoms with Crippen molar-refractivity contribution in [2.24, 2.45) is 5.73 Å². The van der Waals surface area contributed by atoms with Crippen molar-refractivity contribution in [2.75, 3.05) is 0 Å². The minimum absolute atomic E-state index is 0.304. The predicted molar refractivity (Wildman–Crippen MR) is 64.3 cm³/mol. The van der Waals surface area contributed by atoms with Crippen LogP contribution in [0, 0.1) is 0 Å². The van der Waals surface area contributed by atoms with E-state index in [1.54, 1.807) is 18.2 Å². The maximum Gasteiger partial charge on any atom is 0.258 e. The Labute approximate surface area is 102 Å². The van der Waals surface area contributed by atoms with E-state index in [-0.39, 0.29) is 0 Å². The Kier molecular flexibility index (Phi) is 1.98. The fourth-order valence-corrected chi connectivity index (χ4v) is 2.24. The van der Waals surface area contributed by atoms with Crippen LogP contribution in [0.25, 0.3) is 10.8 Å². The van der Waals surface area contributed by atoms with Crippen LogP contribution >= 0.6 is 0 Å². The number of amides is 3. The summed E-state index contributed by atoms with van der Waals surface area (Å²) in [5.74, 6) is -1.50. The molecule has 0 fully saturated rings. The average Bonchev–Trinajstić information content (AvgIpc) is 2.34. The summed E-state index contributed by atoms with van der Waals surface area (Å²) in [6.45, 7) is 0. The molecule has 0 saturated carbocycles. The number of hydrogen-bond acceptors (Lipinski definition) is 3. The van der Waals surface area contributed by atoms with Crippen LogP contribution in [0.5, 0.6) is 0 Å². The van der Waals surface area contributed by atoms with E-state index in [0.717, 1.165) is 0 Å². The third kappa shape index (κ3) is 1.24. The second-order valence-corrected chi connectivity index (χ2v) is 4.04. The van der Waals surface area contributed by atoms with Gasteiger partial charge in [0.15, 0.2) is 0 Å². The molecule has 2 aromatic carbocycles. The van der Waals surface area contributed by atoms with Crippen molar-refractivity contribution < 1.29 is 14.4 Å². The molecule has 0 radical (unpaired) electrons. The van der Waals surface area contributed by atoms with Crippen LogP contribution in [-0.2, 0) is 0 Å². The topological polar surface area (TPSA) is 89.3 Å². The lowest BCUT2D eigenvalue weighted by molar-refractivity contribution is 0.0843. The Morgan fingerprint density at radius 1 is 1.00 bits per heavy atom. The molecule has 0 spiro atoms. The quantitative estimate of drug-likeness (QED) is 0.723. The predicted octanol–water partition coefficient (Wildman–Crippen LogP) is 0.822. The van der Waals surface area contributed by atoms with Gasteiger partial charge in [-0.2, -0.15) is 0 Å². The van der Waals surface area contributed by atoms with Crippen molar-refractivity contribution in [1.82, 2.24) is 5.32 Å². The highest BCUT2D eigenvalue weighted by Crippen LogP contribution is 2.28. The van der Waals surface area contributed by atoms with E-state index in [0.29, 0.717) is 27.5 Å². The molecule has 0 aromatic heterocycles. The number of hydrogen-bond donors (Lipinski definition) is 2.